The van der Waals surface area contributed by atoms with Crippen molar-refractivity contribution in [3.8, 4) is 0 Å². The lowest BCUT2D eigenvalue weighted by Gasteiger charge is -2.11. The van der Waals surface area contributed by atoms with Gasteiger partial charge in [-0.1, -0.05) is 12.1 Å². The number of carbonyl (C=O) groups is 2. The molecule has 1 fully saturated rings. The summed E-state index contributed by atoms with van der Waals surface area (Å²) in [5.41, 5.74) is 6.56. The fourth-order valence-corrected chi connectivity index (χ4v) is 3.89. The van der Waals surface area contributed by atoms with Crippen LogP contribution in [0.3, 0.4) is 0 Å². The molecule has 0 bridgehead atoms. The third-order valence-corrected chi connectivity index (χ3v) is 5.37. The standard InChI is InChI=1S/C15H19NO4S/c1-20-15(18)12(16)9-10-5-7-11(8-6-10)21(19)14-4-2-3-13(14)17/h5-8,12,14H,2-4,9,16H2,1H3. The molecular formula is C15H19NO4S. The Morgan fingerprint density at radius 1 is 1.43 bits per heavy atom. The second-order valence-electron chi connectivity index (χ2n) is 5.12. The minimum Gasteiger partial charge on any atom is -0.468 e. The van der Waals surface area contributed by atoms with Crippen molar-refractivity contribution in [2.45, 2.75) is 41.9 Å². The second kappa shape index (κ2) is 6.95. The lowest BCUT2D eigenvalue weighted by Crippen LogP contribution is -2.33. The third kappa shape index (κ3) is 3.77. The molecule has 3 atom stereocenters. The number of ether oxygens (including phenoxy) is 1. The van der Waals surface area contributed by atoms with Gasteiger partial charge in [-0.05, 0) is 37.0 Å². The molecule has 0 heterocycles. The van der Waals surface area contributed by atoms with Crippen molar-refractivity contribution in [1.29, 1.82) is 0 Å². The van der Waals surface area contributed by atoms with E-state index in [4.69, 9.17) is 5.73 Å². The normalized spacial score (nSPS) is 21.0. The third-order valence-electron chi connectivity index (χ3n) is 3.62. The number of methoxy groups -OCH3 is 1. The Kier molecular flexibility index (Phi) is 5.25. The SMILES string of the molecule is COC(=O)C(N)Cc1ccc(S(=O)C2CCCC2=O)cc1. The fourth-order valence-electron chi connectivity index (χ4n) is 2.42. The lowest BCUT2D eigenvalue weighted by atomic mass is 10.1. The molecule has 1 aromatic rings. The summed E-state index contributed by atoms with van der Waals surface area (Å²) in [5.74, 6) is -0.371. The van der Waals surface area contributed by atoms with Crippen LogP contribution < -0.4 is 5.73 Å². The largest absolute Gasteiger partial charge is 0.468 e. The molecule has 21 heavy (non-hydrogen) atoms. The Morgan fingerprint density at radius 3 is 2.62 bits per heavy atom. The number of carbonyl (C=O) groups excluding carboxylic acids is 2. The monoisotopic (exact) mass is 309 g/mol. The van der Waals surface area contributed by atoms with Gasteiger partial charge in [-0.25, -0.2) is 0 Å². The maximum Gasteiger partial charge on any atom is 0.322 e. The average molecular weight is 309 g/mol. The van der Waals surface area contributed by atoms with E-state index in [1.165, 1.54) is 7.11 Å². The van der Waals surface area contributed by atoms with Crippen LogP contribution in [0, 0.1) is 0 Å². The first kappa shape index (κ1) is 15.9. The summed E-state index contributed by atoms with van der Waals surface area (Å²) in [6.45, 7) is 0. The van der Waals surface area contributed by atoms with Crippen molar-refractivity contribution >= 4 is 22.6 Å². The van der Waals surface area contributed by atoms with Crippen molar-refractivity contribution in [1.82, 2.24) is 0 Å². The Balaban J connectivity index is 2.03. The molecule has 1 aliphatic rings. The molecule has 114 valence electrons. The minimum absolute atomic E-state index is 0.0881. The van der Waals surface area contributed by atoms with E-state index in [9.17, 15) is 13.8 Å². The summed E-state index contributed by atoms with van der Waals surface area (Å²) in [6.07, 6.45) is 2.41. The van der Waals surface area contributed by atoms with Crippen molar-refractivity contribution in [3.63, 3.8) is 0 Å². The quantitative estimate of drug-likeness (QED) is 0.819. The van der Waals surface area contributed by atoms with Crippen LogP contribution in [-0.4, -0.2) is 34.4 Å². The molecule has 6 heteroatoms. The van der Waals surface area contributed by atoms with Crippen LogP contribution in [0.5, 0.6) is 0 Å². The fraction of sp³-hybridized carbons (Fsp3) is 0.467. The van der Waals surface area contributed by atoms with E-state index in [2.05, 4.69) is 4.74 Å². The van der Waals surface area contributed by atoms with Gasteiger partial charge in [0.1, 0.15) is 11.8 Å². The van der Waals surface area contributed by atoms with Crippen LogP contribution in [0.15, 0.2) is 29.2 Å². The number of Topliss-reactive ketones (excluding diaryl/α,β-unsaturated/α-hetero) is 1. The van der Waals surface area contributed by atoms with Gasteiger partial charge < -0.3 is 10.5 Å². The molecule has 2 N–H and O–H groups in total. The van der Waals surface area contributed by atoms with Crippen LogP contribution in [0.4, 0.5) is 0 Å². The number of rotatable bonds is 5. The Labute approximate surface area is 126 Å². The lowest BCUT2D eigenvalue weighted by molar-refractivity contribution is -0.142. The number of hydrogen-bond acceptors (Lipinski definition) is 5. The van der Waals surface area contributed by atoms with Crippen molar-refractivity contribution in [3.05, 3.63) is 29.8 Å². The van der Waals surface area contributed by atoms with Gasteiger partial charge in [0.2, 0.25) is 0 Å². The highest BCUT2D eigenvalue weighted by atomic mass is 32.2. The van der Waals surface area contributed by atoms with E-state index >= 15 is 0 Å². The highest BCUT2D eigenvalue weighted by Crippen LogP contribution is 2.24. The minimum atomic E-state index is -1.29. The molecular weight excluding hydrogens is 290 g/mol. The number of esters is 1. The van der Waals surface area contributed by atoms with Gasteiger partial charge in [-0.3, -0.25) is 13.8 Å². The number of benzene rings is 1. The molecule has 1 aliphatic carbocycles. The van der Waals surface area contributed by atoms with Gasteiger partial charge in [0.25, 0.3) is 0 Å². The maximum atomic E-state index is 12.3. The van der Waals surface area contributed by atoms with E-state index in [1.807, 2.05) is 0 Å². The highest BCUT2D eigenvalue weighted by Gasteiger charge is 2.30. The summed E-state index contributed by atoms with van der Waals surface area (Å²) in [5, 5.41) is -0.367. The van der Waals surface area contributed by atoms with Gasteiger partial charge in [-0.15, -0.1) is 0 Å². The van der Waals surface area contributed by atoms with Crippen LogP contribution in [0.2, 0.25) is 0 Å². The van der Waals surface area contributed by atoms with Crippen LogP contribution in [-0.2, 0) is 31.5 Å². The topological polar surface area (TPSA) is 86.5 Å². The maximum absolute atomic E-state index is 12.3. The van der Waals surface area contributed by atoms with E-state index < -0.39 is 22.8 Å². The Morgan fingerprint density at radius 2 is 2.10 bits per heavy atom. The average Bonchev–Trinajstić information content (AvgIpc) is 2.92. The van der Waals surface area contributed by atoms with Gasteiger partial charge in [0, 0.05) is 11.3 Å². The highest BCUT2D eigenvalue weighted by molar-refractivity contribution is 7.86. The molecule has 0 spiro atoms. The molecule has 0 aliphatic heterocycles. The first-order valence-electron chi connectivity index (χ1n) is 6.88. The Hall–Kier alpha value is -1.53. The zero-order valence-electron chi connectivity index (χ0n) is 11.9. The van der Waals surface area contributed by atoms with E-state index in [0.717, 1.165) is 12.0 Å². The molecule has 5 nitrogen and oxygen atoms in total. The first-order chi connectivity index (χ1) is 10.0. The summed E-state index contributed by atoms with van der Waals surface area (Å²) in [4.78, 5) is 23.6. The number of hydrogen-bond donors (Lipinski definition) is 1. The zero-order valence-corrected chi connectivity index (χ0v) is 12.7. The summed E-state index contributed by atoms with van der Waals surface area (Å²) >= 11 is 0. The van der Waals surface area contributed by atoms with Crippen molar-refractivity contribution in [2.24, 2.45) is 5.73 Å². The molecule has 1 saturated carbocycles. The predicted octanol–water partition coefficient (Wildman–Crippen LogP) is 0.959. The molecule has 0 radical (unpaired) electrons. The zero-order chi connectivity index (χ0) is 15.4. The van der Waals surface area contributed by atoms with Gasteiger partial charge in [-0.2, -0.15) is 0 Å². The van der Waals surface area contributed by atoms with Crippen molar-refractivity contribution in [2.75, 3.05) is 7.11 Å². The molecule has 2 rings (SSSR count). The summed E-state index contributed by atoms with van der Waals surface area (Å²) < 4.78 is 16.9. The van der Waals surface area contributed by atoms with Crippen molar-refractivity contribution < 1.29 is 18.5 Å². The van der Waals surface area contributed by atoms with Crippen LogP contribution in [0.1, 0.15) is 24.8 Å². The first-order valence-corrected chi connectivity index (χ1v) is 8.10. The smallest absolute Gasteiger partial charge is 0.322 e. The van der Waals surface area contributed by atoms with Gasteiger partial charge in [0.05, 0.1) is 23.2 Å². The molecule has 0 saturated heterocycles. The number of ketones is 1. The van der Waals surface area contributed by atoms with E-state index in [-0.39, 0.29) is 11.0 Å². The summed E-state index contributed by atoms with van der Waals surface area (Å²) in [7, 11) is 0.00607. The van der Waals surface area contributed by atoms with Crippen LogP contribution in [0.25, 0.3) is 0 Å². The molecule has 0 amide bonds. The van der Waals surface area contributed by atoms with E-state index in [0.29, 0.717) is 24.2 Å². The van der Waals surface area contributed by atoms with Gasteiger partial charge >= 0.3 is 5.97 Å². The van der Waals surface area contributed by atoms with Gasteiger partial charge in [0.15, 0.2) is 0 Å². The molecule has 0 aromatic heterocycles. The summed E-state index contributed by atoms with van der Waals surface area (Å²) in [6, 6.07) is 6.34. The number of nitrogens with two attached hydrogens (primary N) is 1. The van der Waals surface area contributed by atoms with E-state index in [1.54, 1.807) is 24.3 Å². The predicted molar refractivity (Wildman–Crippen MR) is 79.2 cm³/mol. The Bertz CT molecular complexity index is 555. The second-order valence-corrected chi connectivity index (χ2v) is 6.76. The van der Waals surface area contributed by atoms with Crippen LogP contribution >= 0.6 is 0 Å². The molecule has 1 aromatic carbocycles. The molecule has 3 unspecified atom stereocenters.